The lowest BCUT2D eigenvalue weighted by Crippen LogP contribution is -2.31. The molecule has 5 heteroatoms. The van der Waals surface area contributed by atoms with Crippen molar-refractivity contribution >= 4 is 6.29 Å². The Morgan fingerprint density at radius 3 is 2.71 bits per heavy atom. The maximum absolute atomic E-state index is 10.7. The van der Waals surface area contributed by atoms with Crippen LogP contribution in [0.4, 0.5) is 0 Å². The van der Waals surface area contributed by atoms with Gasteiger partial charge < -0.3 is 10.6 Å². The van der Waals surface area contributed by atoms with Crippen LogP contribution in [0.3, 0.4) is 0 Å². The van der Waals surface area contributed by atoms with E-state index in [9.17, 15) is 4.79 Å². The van der Waals surface area contributed by atoms with Crippen molar-refractivity contribution < 1.29 is 4.79 Å². The molecule has 5 nitrogen and oxygen atoms in total. The largest absolute Gasteiger partial charge is 0.372 e. The molecule has 0 spiro atoms. The van der Waals surface area contributed by atoms with Crippen molar-refractivity contribution in [2.45, 2.75) is 32.2 Å². The molecule has 0 aromatic carbocycles. The SMILES string of the molecule is CCCN(CC)C1=CC(c2cnc(C=O)cn2)C(N)C=C1. The van der Waals surface area contributed by atoms with Crippen molar-refractivity contribution in [1.82, 2.24) is 14.9 Å². The Morgan fingerprint density at radius 1 is 1.33 bits per heavy atom. The van der Waals surface area contributed by atoms with E-state index in [1.807, 2.05) is 6.08 Å². The Labute approximate surface area is 125 Å². The molecule has 1 aliphatic carbocycles. The summed E-state index contributed by atoms with van der Waals surface area (Å²) in [6.07, 6.45) is 11.2. The van der Waals surface area contributed by atoms with Crippen LogP contribution >= 0.6 is 0 Å². The van der Waals surface area contributed by atoms with Crippen LogP contribution in [0.25, 0.3) is 0 Å². The fraction of sp³-hybridized carbons (Fsp3) is 0.438. The Kier molecular flexibility index (Phi) is 5.22. The van der Waals surface area contributed by atoms with Gasteiger partial charge in [0, 0.05) is 36.9 Å². The summed E-state index contributed by atoms with van der Waals surface area (Å²) >= 11 is 0. The number of aldehydes is 1. The number of nitrogens with two attached hydrogens (primary N) is 1. The third kappa shape index (κ3) is 3.55. The molecule has 0 saturated carbocycles. The molecule has 0 bridgehead atoms. The molecule has 21 heavy (non-hydrogen) atoms. The van der Waals surface area contributed by atoms with Gasteiger partial charge in [-0.1, -0.05) is 19.1 Å². The predicted molar refractivity (Wildman–Crippen MR) is 82.9 cm³/mol. The minimum absolute atomic E-state index is 0.0101. The summed E-state index contributed by atoms with van der Waals surface area (Å²) in [5.41, 5.74) is 8.48. The number of rotatable bonds is 6. The van der Waals surface area contributed by atoms with Gasteiger partial charge in [-0.15, -0.1) is 0 Å². The fourth-order valence-electron chi connectivity index (χ4n) is 2.49. The van der Waals surface area contributed by atoms with Crippen molar-refractivity contribution in [3.05, 3.63) is 47.7 Å². The van der Waals surface area contributed by atoms with E-state index in [4.69, 9.17) is 5.73 Å². The zero-order valence-corrected chi connectivity index (χ0v) is 12.6. The Balaban J connectivity index is 2.26. The predicted octanol–water partition coefficient (Wildman–Crippen LogP) is 1.89. The number of likely N-dealkylation sites (N-methyl/N-ethyl adjacent to an activating group) is 1. The summed E-state index contributed by atoms with van der Waals surface area (Å²) in [7, 11) is 0. The lowest BCUT2D eigenvalue weighted by atomic mass is 9.91. The first kappa shape index (κ1) is 15.4. The Hall–Kier alpha value is -2.01. The van der Waals surface area contributed by atoms with Crippen molar-refractivity contribution in [3.63, 3.8) is 0 Å². The lowest BCUT2D eigenvalue weighted by Gasteiger charge is -2.29. The summed E-state index contributed by atoms with van der Waals surface area (Å²) in [4.78, 5) is 21.4. The summed E-state index contributed by atoms with van der Waals surface area (Å²) < 4.78 is 0. The van der Waals surface area contributed by atoms with E-state index in [1.54, 1.807) is 6.20 Å². The monoisotopic (exact) mass is 286 g/mol. The van der Waals surface area contributed by atoms with Crippen LogP contribution in [0.5, 0.6) is 0 Å². The molecule has 1 heterocycles. The number of allylic oxidation sites excluding steroid dienone is 1. The first-order valence-corrected chi connectivity index (χ1v) is 7.37. The first-order valence-electron chi connectivity index (χ1n) is 7.37. The number of carbonyl (C=O) groups excluding carboxylic acids is 1. The van der Waals surface area contributed by atoms with Crippen molar-refractivity contribution in [3.8, 4) is 0 Å². The molecular formula is C16H22N4O. The highest BCUT2D eigenvalue weighted by Gasteiger charge is 2.22. The molecule has 0 fully saturated rings. The number of hydrogen-bond acceptors (Lipinski definition) is 5. The van der Waals surface area contributed by atoms with E-state index in [0.29, 0.717) is 12.0 Å². The molecule has 112 valence electrons. The van der Waals surface area contributed by atoms with Gasteiger partial charge in [-0.05, 0) is 19.4 Å². The molecule has 1 aliphatic rings. The second kappa shape index (κ2) is 7.13. The number of aromatic nitrogens is 2. The van der Waals surface area contributed by atoms with Gasteiger partial charge in [-0.2, -0.15) is 0 Å². The number of hydrogen-bond donors (Lipinski definition) is 1. The van der Waals surface area contributed by atoms with Crippen LogP contribution in [-0.2, 0) is 0 Å². The normalized spacial score (nSPS) is 21.0. The highest BCUT2D eigenvalue weighted by molar-refractivity contribution is 5.70. The van der Waals surface area contributed by atoms with Gasteiger partial charge in [-0.25, -0.2) is 4.98 Å². The average Bonchev–Trinajstić information content (AvgIpc) is 2.53. The van der Waals surface area contributed by atoms with Gasteiger partial charge >= 0.3 is 0 Å². The average molecular weight is 286 g/mol. The van der Waals surface area contributed by atoms with Crippen LogP contribution in [0.1, 0.15) is 42.4 Å². The second-order valence-electron chi connectivity index (χ2n) is 5.12. The molecule has 1 aromatic heterocycles. The number of nitrogens with zero attached hydrogens (tertiary/aromatic N) is 3. The Bertz CT molecular complexity index is 536. The fourth-order valence-corrected chi connectivity index (χ4v) is 2.49. The molecule has 2 N–H and O–H groups in total. The zero-order chi connectivity index (χ0) is 15.2. The van der Waals surface area contributed by atoms with Crippen LogP contribution in [0.15, 0.2) is 36.3 Å². The molecule has 0 aliphatic heterocycles. The minimum Gasteiger partial charge on any atom is -0.372 e. The van der Waals surface area contributed by atoms with Crippen molar-refractivity contribution in [2.24, 2.45) is 5.73 Å². The summed E-state index contributed by atoms with van der Waals surface area (Å²) in [6, 6.07) is -0.120. The van der Waals surface area contributed by atoms with Gasteiger partial charge in [0.25, 0.3) is 0 Å². The third-order valence-electron chi connectivity index (χ3n) is 3.65. The van der Waals surface area contributed by atoms with E-state index < -0.39 is 0 Å². The van der Waals surface area contributed by atoms with Crippen molar-refractivity contribution in [2.75, 3.05) is 13.1 Å². The van der Waals surface area contributed by atoms with E-state index in [0.717, 1.165) is 25.2 Å². The third-order valence-corrected chi connectivity index (χ3v) is 3.65. The lowest BCUT2D eigenvalue weighted by molar-refractivity contribution is 0.111. The van der Waals surface area contributed by atoms with Gasteiger partial charge in [0.05, 0.1) is 11.9 Å². The zero-order valence-electron chi connectivity index (χ0n) is 12.6. The van der Waals surface area contributed by atoms with Crippen LogP contribution in [0, 0.1) is 0 Å². The van der Waals surface area contributed by atoms with E-state index in [-0.39, 0.29) is 12.0 Å². The molecular weight excluding hydrogens is 264 g/mol. The van der Waals surface area contributed by atoms with Gasteiger partial charge in [-0.3, -0.25) is 9.78 Å². The van der Waals surface area contributed by atoms with E-state index >= 15 is 0 Å². The van der Waals surface area contributed by atoms with Crippen LogP contribution in [-0.4, -0.2) is 40.3 Å². The first-order chi connectivity index (χ1) is 10.2. The Morgan fingerprint density at radius 2 is 2.14 bits per heavy atom. The topological polar surface area (TPSA) is 72.1 Å². The maximum Gasteiger partial charge on any atom is 0.170 e. The van der Waals surface area contributed by atoms with Gasteiger partial charge in [0.1, 0.15) is 5.69 Å². The quantitative estimate of drug-likeness (QED) is 0.808. The summed E-state index contributed by atoms with van der Waals surface area (Å²) in [5.74, 6) is -0.0101. The molecule has 0 amide bonds. The molecule has 0 saturated heterocycles. The molecule has 2 unspecified atom stereocenters. The minimum atomic E-state index is -0.120. The molecule has 1 aromatic rings. The molecule has 2 atom stereocenters. The highest BCUT2D eigenvalue weighted by atomic mass is 16.1. The highest BCUT2D eigenvalue weighted by Crippen LogP contribution is 2.26. The van der Waals surface area contributed by atoms with Gasteiger partial charge in [0.2, 0.25) is 0 Å². The standard InChI is InChI=1S/C16H22N4O/c1-3-7-20(4-2)13-5-6-15(17)14(8-13)16-10-18-12(11-21)9-19-16/h5-6,8-11,14-15H,3-4,7,17H2,1-2H3. The van der Waals surface area contributed by atoms with Crippen LogP contribution in [0.2, 0.25) is 0 Å². The number of carbonyl (C=O) groups is 1. The van der Waals surface area contributed by atoms with Gasteiger partial charge in [0.15, 0.2) is 6.29 Å². The summed E-state index contributed by atoms with van der Waals surface area (Å²) in [5, 5.41) is 0. The van der Waals surface area contributed by atoms with Crippen molar-refractivity contribution in [1.29, 1.82) is 0 Å². The smallest absolute Gasteiger partial charge is 0.170 e. The molecule has 0 radical (unpaired) electrons. The van der Waals surface area contributed by atoms with E-state index in [2.05, 4.69) is 40.9 Å². The van der Waals surface area contributed by atoms with E-state index in [1.165, 1.54) is 11.9 Å². The summed E-state index contributed by atoms with van der Waals surface area (Å²) in [6.45, 7) is 6.29. The second-order valence-corrected chi connectivity index (χ2v) is 5.12. The van der Waals surface area contributed by atoms with Crippen LogP contribution < -0.4 is 5.73 Å². The molecule has 2 rings (SSSR count). The maximum atomic E-state index is 10.7.